The minimum absolute atomic E-state index is 0.475. The first-order valence-corrected chi connectivity index (χ1v) is 4.41. The third kappa shape index (κ3) is 2.39. The molecule has 0 saturated carbocycles. The summed E-state index contributed by atoms with van der Waals surface area (Å²) in [4.78, 5) is 0. The van der Waals surface area contributed by atoms with Crippen LogP contribution >= 0.6 is 15.9 Å². The highest BCUT2D eigenvalue weighted by Crippen LogP contribution is 2.44. The van der Waals surface area contributed by atoms with Gasteiger partial charge in [-0.3, -0.25) is 0 Å². The van der Waals surface area contributed by atoms with Crippen molar-refractivity contribution in [2.45, 2.75) is 12.6 Å². The number of hydrogen-bond donors (Lipinski definition) is 1. The topological polar surface area (TPSA) is 20.2 Å². The van der Waals surface area contributed by atoms with Gasteiger partial charge < -0.3 is 5.11 Å². The smallest absolute Gasteiger partial charge is 0.421 e. The van der Waals surface area contributed by atoms with E-state index in [1.807, 2.05) is 0 Å². The van der Waals surface area contributed by atoms with Gasteiger partial charge in [0.2, 0.25) is 0 Å². The average Bonchev–Trinajstić information content (AvgIpc) is 2.00. The summed E-state index contributed by atoms with van der Waals surface area (Å²) >= 11 is 2.54. The van der Waals surface area contributed by atoms with E-state index in [4.69, 9.17) is 5.11 Å². The van der Waals surface area contributed by atoms with Crippen LogP contribution in [-0.4, -0.2) is 5.11 Å². The summed E-state index contributed by atoms with van der Waals surface area (Å²) in [5.74, 6) is -1.44. The summed E-state index contributed by atoms with van der Waals surface area (Å²) in [7, 11) is 0. The van der Waals surface area contributed by atoms with E-state index < -0.39 is 34.0 Å². The van der Waals surface area contributed by atoms with Gasteiger partial charge in [0, 0.05) is 4.47 Å². The number of rotatable bonds is 1. The van der Waals surface area contributed by atoms with Crippen LogP contribution in [0.25, 0.3) is 0 Å². The molecule has 0 unspecified atom stereocenters. The molecule has 0 fully saturated rings. The third-order valence-corrected chi connectivity index (χ3v) is 2.34. The Balaban J connectivity index is 3.44. The fraction of sp³-hybridized carbons (Fsp3) is 0.250. The molecule has 84 valence electrons. The lowest BCUT2D eigenvalue weighted by Gasteiger charge is -2.13. The molecule has 0 radical (unpaired) electrons. The second-order valence-corrected chi connectivity index (χ2v) is 3.51. The maximum Gasteiger partial charge on any atom is 0.421 e. The Bertz CT molecular complexity index is 374. The van der Waals surface area contributed by atoms with Crippen LogP contribution in [0.3, 0.4) is 0 Å². The molecule has 0 heterocycles. The molecule has 1 nitrogen and oxygen atoms in total. The number of aromatic hydroxyl groups is 1. The first-order chi connectivity index (χ1) is 6.75. The van der Waals surface area contributed by atoms with Gasteiger partial charge in [0.25, 0.3) is 6.43 Å². The van der Waals surface area contributed by atoms with E-state index in [9.17, 15) is 22.0 Å². The Kier molecular flexibility index (Phi) is 3.22. The van der Waals surface area contributed by atoms with Gasteiger partial charge >= 0.3 is 6.18 Å². The molecule has 1 rings (SSSR count). The van der Waals surface area contributed by atoms with Crippen molar-refractivity contribution < 1.29 is 27.1 Å². The second kappa shape index (κ2) is 3.96. The molecular formula is C8H4BrF5O. The second-order valence-electron chi connectivity index (χ2n) is 2.66. The summed E-state index contributed by atoms with van der Waals surface area (Å²) in [5, 5.41) is 9.05. The van der Waals surface area contributed by atoms with Crippen LogP contribution in [0.1, 0.15) is 17.6 Å². The van der Waals surface area contributed by atoms with Crippen molar-refractivity contribution in [1.82, 2.24) is 0 Å². The lowest BCUT2D eigenvalue weighted by atomic mass is 10.1. The normalized spacial score (nSPS) is 12.2. The van der Waals surface area contributed by atoms with Crippen LogP contribution in [-0.2, 0) is 6.18 Å². The van der Waals surface area contributed by atoms with Gasteiger partial charge in [0.1, 0.15) is 11.3 Å². The molecule has 0 aliphatic heterocycles. The summed E-state index contributed by atoms with van der Waals surface area (Å²) < 4.78 is 60.8. The van der Waals surface area contributed by atoms with Crippen molar-refractivity contribution in [2.24, 2.45) is 0 Å². The predicted octanol–water partition coefficient (Wildman–Crippen LogP) is 4.11. The van der Waals surface area contributed by atoms with E-state index >= 15 is 0 Å². The molecule has 1 N–H and O–H groups in total. The Morgan fingerprint density at radius 2 is 1.73 bits per heavy atom. The van der Waals surface area contributed by atoms with Crippen LogP contribution < -0.4 is 0 Å². The Morgan fingerprint density at radius 3 is 2.13 bits per heavy atom. The Hall–Kier alpha value is -0.850. The van der Waals surface area contributed by atoms with Crippen LogP contribution in [0, 0.1) is 0 Å². The Morgan fingerprint density at radius 1 is 1.20 bits per heavy atom. The third-order valence-electron chi connectivity index (χ3n) is 1.68. The summed E-state index contributed by atoms with van der Waals surface area (Å²) in [6.07, 6.45) is -8.03. The lowest BCUT2D eigenvalue weighted by molar-refractivity contribution is -0.139. The van der Waals surface area contributed by atoms with E-state index in [2.05, 4.69) is 15.9 Å². The molecule has 0 saturated heterocycles. The number of alkyl halides is 5. The van der Waals surface area contributed by atoms with Crippen molar-refractivity contribution in [3.63, 3.8) is 0 Å². The highest BCUT2D eigenvalue weighted by atomic mass is 79.9. The summed E-state index contributed by atoms with van der Waals surface area (Å²) in [5.41, 5.74) is -2.52. The van der Waals surface area contributed by atoms with Gasteiger partial charge in [-0.15, -0.1) is 0 Å². The fourth-order valence-corrected chi connectivity index (χ4v) is 1.57. The molecule has 1 aromatic carbocycles. The molecule has 0 aromatic heterocycles. The first kappa shape index (κ1) is 12.2. The largest absolute Gasteiger partial charge is 0.507 e. The summed E-state index contributed by atoms with van der Waals surface area (Å²) in [6.45, 7) is 0. The number of phenolic OH excluding ortho intramolecular Hbond substituents is 1. The molecular weight excluding hydrogens is 287 g/mol. The maximum absolute atomic E-state index is 12.3. The van der Waals surface area contributed by atoms with Crippen molar-refractivity contribution in [1.29, 1.82) is 0 Å². The molecule has 0 spiro atoms. The van der Waals surface area contributed by atoms with E-state index in [-0.39, 0.29) is 0 Å². The molecule has 0 bridgehead atoms. The van der Waals surface area contributed by atoms with Gasteiger partial charge in [-0.2, -0.15) is 13.2 Å². The minimum atomic E-state index is -4.88. The minimum Gasteiger partial charge on any atom is -0.507 e. The van der Waals surface area contributed by atoms with E-state index in [0.29, 0.717) is 0 Å². The van der Waals surface area contributed by atoms with Crippen molar-refractivity contribution in [3.05, 3.63) is 27.7 Å². The predicted molar refractivity (Wildman–Crippen MR) is 45.8 cm³/mol. The quantitative estimate of drug-likeness (QED) is 0.772. The average molecular weight is 291 g/mol. The molecule has 7 heteroatoms. The van der Waals surface area contributed by atoms with Gasteiger partial charge in [0.05, 0.1) is 5.56 Å². The number of halogens is 6. The van der Waals surface area contributed by atoms with E-state index in [0.717, 1.165) is 12.1 Å². The zero-order chi connectivity index (χ0) is 11.8. The number of benzene rings is 1. The molecule has 0 atom stereocenters. The zero-order valence-electron chi connectivity index (χ0n) is 6.95. The standard InChI is InChI=1S/C8H4BrF5O/c9-4-2-1-3(7(10)11)6(15)5(4)8(12,13)14/h1-2,7,15H. The molecule has 1 aromatic rings. The van der Waals surface area contributed by atoms with E-state index in [1.165, 1.54) is 0 Å². The molecule has 0 aliphatic carbocycles. The SMILES string of the molecule is Oc1c(C(F)F)ccc(Br)c1C(F)(F)F. The maximum atomic E-state index is 12.3. The highest BCUT2D eigenvalue weighted by Gasteiger charge is 2.38. The first-order valence-electron chi connectivity index (χ1n) is 3.62. The van der Waals surface area contributed by atoms with Gasteiger partial charge in [-0.05, 0) is 12.1 Å². The lowest BCUT2D eigenvalue weighted by Crippen LogP contribution is -2.07. The Labute approximate surface area is 89.7 Å². The van der Waals surface area contributed by atoms with Gasteiger partial charge in [-0.1, -0.05) is 15.9 Å². The van der Waals surface area contributed by atoms with Crippen LogP contribution in [0.4, 0.5) is 22.0 Å². The van der Waals surface area contributed by atoms with Crippen molar-refractivity contribution >= 4 is 15.9 Å². The highest BCUT2D eigenvalue weighted by molar-refractivity contribution is 9.10. The molecule has 0 amide bonds. The number of hydrogen-bond acceptors (Lipinski definition) is 1. The van der Waals surface area contributed by atoms with E-state index in [1.54, 1.807) is 0 Å². The van der Waals surface area contributed by atoms with Gasteiger partial charge in [0.15, 0.2) is 0 Å². The van der Waals surface area contributed by atoms with Crippen LogP contribution in [0.15, 0.2) is 16.6 Å². The number of phenols is 1. The van der Waals surface area contributed by atoms with Crippen molar-refractivity contribution in [2.75, 3.05) is 0 Å². The van der Waals surface area contributed by atoms with Crippen LogP contribution in [0.5, 0.6) is 5.75 Å². The van der Waals surface area contributed by atoms with Crippen molar-refractivity contribution in [3.8, 4) is 5.75 Å². The summed E-state index contributed by atoms with van der Waals surface area (Å²) in [6, 6.07) is 1.56. The molecule has 15 heavy (non-hydrogen) atoms. The monoisotopic (exact) mass is 290 g/mol. The fourth-order valence-electron chi connectivity index (χ4n) is 1.03. The van der Waals surface area contributed by atoms with Gasteiger partial charge in [-0.25, -0.2) is 8.78 Å². The molecule has 0 aliphatic rings. The van der Waals surface area contributed by atoms with Crippen LogP contribution in [0.2, 0.25) is 0 Å². The zero-order valence-corrected chi connectivity index (χ0v) is 8.53.